The van der Waals surface area contributed by atoms with Crippen molar-refractivity contribution in [1.82, 2.24) is 0 Å². The Morgan fingerprint density at radius 2 is 2.08 bits per heavy atom. The van der Waals surface area contributed by atoms with Crippen LogP contribution in [0.1, 0.15) is 5.56 Å². The zero-order chi connectivity index (χ0) is 9.52. The molecule has 0 atom stereocenters. The molecule has 0 saturated heterocycles. The Morgan fingerprint density at radius 3 is 2.62 bits per heavy atom. The van der Waals surface area contributed by atoms with E-state index in [1.54, 1.807) is 12.2 Å². The molecule has 3 nitrogen and oxygen atoms in total. The van der Waals surface area contributed by atoms with E-state index in [2.05, 4.69) is 5.16 Å². The minimum atomic E-state index is 0.184. The van der Waals surface area contributed by atoms with Gasteiger partial charge in [0, 0.05) is 6.08 Å². The van der Waals surface area contributed by atoms with Crippen LogP contribution in [0.25, 0.3) is 6.08 Å². The Morgan fingerprint density at radius 1 is 1.38 bits per heavy atom. The molecule has 1 rings (SSSR count). The molecule has 0 heterocycles. The molecule has 0 spiro atoms. The van der Waals surface area contributed by atoms with Crippen molar-refractivity contribution in [3.05, 3.63) is 42.0 Å². The normalized spacial score (nSPS) is 11.9. The second-order valence-electron chi connectivity index (χ2n) is 2.39. The molecule has 1 aromatic carbocycles. The highest BCUT2D eigenvalue weighted by Gasteiger charge is 1.89. The molecule has 0 unspecified atom stereocenters. The van der Waals surface area contributed by atoms with Crippen molar-refractivity contribution in [3.63, 3.8) is 0 Å². The Balaban J connectivity index is 2.69. The lowest BCUT2D eigenvalue weighted by Gasteiger charge is -1.94. The highest BCUT2D eigenvalue weighted by atomic mass is 16.5. The average molecular weight is 177 g/mol. The molecule has 68 valence electrons. The van der Waals surface area contributed by atoms with Gasteiger partial charge in [-0.3, -0.25) is 0 Å². The van der Waals surface area contributed by atoms with Gasteiger partial charge in [-0.25, -0.2) is 0 Å². The second-order valence-corrected chi connectivity index (χ2v) is 2.39. The summed E-state index contributed by atoms with van der Waals surface area (Å²) >= 11 is 0. The molecular weight excluding hydrogens is 166 g/mol. The maximum Gasteiger partial charge on any atom is 0.249 e. The first-order chi connectivity index (χ1) is 6.36. The summed E-state index contributed by atoms with van der Waals surface area (Å²) in [4.78, 5) is 0. The Bertz CT molecular complexity index is 304. The first kappa shape index (κ1) is 9.32. The lowest BCUT2D eigenvalue weighted by atomic mass is 10.2. The molecule has 0 fully saturated rings. The van der Waals surface area contributed by atoms with E-state index >= 15 is 0 Å². The summed E-state index contributed by atoms with van der Waals surface area (Å²) in [6.07, 6.45) is 3.40. The van der Waals surface area contributed by atoms with Gasteiger partial charge in [0.2, 0.25) is 5.90 Å². The number of ether oxygens (including phenoxy) is 1. The summed E-state index contributed by atoms with van der Waals surface area (Å²) < 4.78 is 4.73. The Hall–Kier alpha value is -1.77. The van der Waals surface area contributed by atoms with E-state index in [1.807, 2.05) is 30.3 Å². The number of oxime groups is 1. The molecule has 3 heteroatoms. The van der Waals surface area contributed by atoms with Crippen LogP contribution in [-0.4, -0.2) is 18.2 Å². The van der Waals surface area contributed by atoms with Crippen molar-refractivity contribution in [3.8, 4) is 0 Å². The van der Waals surface area contributed by atoms with E-state index in [9.17, 15) is 0 Å². The van der Waals surface area contributed by atoms with Crippen LogP contribution in [-0.2, 0) is 4.74 Å². The molecular formula is C10H11NO2. The molecule has 0 saturated carbocycles. The van der Waals surface area contributed by atoms with Gasteiger partial charge >= 0.3 is 0 Å². The zero-order valence-electron chi connectivity index (χ0n) is 7.34. The van der Waals surface area contributed by atoms with Crippen LogP contribution in [0.4, 0.5) is 0 Å². The summed E-state index contributed by atoms with van der Waals surface area (Å²) in [5.74, 6) is 0.184. The van der Waals surface area contributed by atoms with E-state index in [0.29, 0.717) is 0 Å². The Labute approximate surface area is 77.0 Å². The fourth-order valence-corrected chi connectivity index (χ4v) is 0.874. The summed E-state index contributed by atoms with van der Waals surface area (Å²) in [6.45, 7) is 0. The van der Waals surface area contributed by atoms with Gasteiger partial charge in [-0.1, -0.05) is 30.3 Å². The van der Waals surface area contributed by atoms with Crippen LogP contribution < -0.4 is 0 Å². The monoisotopic (exact) mass is 177 g/mol. The van der Waals surface area contributed by atoms with Gasteiger partial charge in [0.05, 0.1) is 7.11 Å². The molecule has 1 N–H and O–H groups in total. The minimum Gasteiger partial charge on any atom is -0.479 e. The number of methoxy groups -OCH3 is 1. The van der Waals surface area contributed by atoms with Crippen LogP contribution in [0, 0.1) is 0 Å². The van der Waals surface area contributed by atoms with Crippen molar-refractivity contribution >= 4 is 12.0 Å². The quantitative estimate of drug-likeness (QED) is 0.325. The van der Waals surface area contributed by atoms with E-state index < -0.39 is 0 Å². The van der Waals surface area contributed by atoms with Crippen molar-refractivity contribution in [1.29, 1.82) is 0 Å². The zero-order valence-corrected chi connectivity index (χ0v) is 7.34. The highest BCUT2D eigenvalue weighted by molar-refractivity contribution is 5.91. The average Bonchev–Trinajstić information content (AvgIpc) is 2.21. The van der Waals surface area contributed by atoms with Crippen molar-refractivity contribution in [2.75, 3.05) is 7.11 Å². The smallest absolute Gasteiger partial charge is 0.249 e. The lowest BCUT2D eigenvalue weighted by molar-refractivity contribution is 0.288. The summed E-state index contributed by atoms with van der Waals surface area (Å²) in [7, 11) is 1.45. The largest absolute Gasteiger partial charge is 0.479 e. The van der Waals surface area contributed by atoms with Gasteiger partial charge in [-0.05, 0) is 16.8 Å². The number of hydrogen-bond donors (Lipinski definition) is 1. The Kier molecular flexibility index (Phi) is 3.57. The highest BCUT2D eigenvalue weighted by Crippen LogP contribution is 2.01. The van der Waals surface area contributed by atoms with Crippen LogP contribution in [0.2, 0.25) is 0 Å². The fourth-order valence-electron chi connectivity index (χ4n) is 0.874. The van der Waals surface area contributed by atoms with Crippen LogP contribution >= 0.6 is 0 Å². The topological polar surface area (TPSA) is 41.8 Å². The van der Waals surface area contributed by atoms with Gasteiger partial charge in [-0.15, -0.1) is 0 Å². The van der Waals surface area contributed by atoms with Crippen LogP contribution in [0.5, 0.6) is 0 Å². The maximum atomic E-state index is 8.42. The predicted octanol–water partition coefficient (Wildman–Crippen LogP) is 2.13. The van der Waals surface area contributed by atoms with E-state index in [1.165, 1.54) is 7.11 Å². The SMILES string of the molecule is COC(/C=C/c1ccccc1)=NO. The van der Waals surface area contributed by atoms with Crippen LogP contribution in [0.3, 0.4) is 0 Å². The molecule has 13 heavy (non-hydrogen) atoms. The van der Waals surface area contributed by atoms with Gasteiger partial charge in [0.1, 0.15) is 0 Å². The number of nitrogens with zero attached hydrogens (tertiary/aromatic N) is 1. The molecule has 0 aliphatic rings. The molecule has 0 aliphatic carbocycles. The predicted molar refractivity (Wildman–Crippen MR) is 51.7 cm³/mol. The summed E-state index contributed by atoms with van der Waals surface area (Å²) in [6, 6.07) is 9.70. The van der Waals surface area contributed by atoms with Gasteiger partial charge in [0.25, 0.3) is 0 Å². The van der Waals surface area contributed by atoms with Crippen LogP contribution in [0.15, 0.2) is 41.6 Å². The van der Waals surface area contributed by atoms with Crippen molar-refractivity contribution in [2.45, 2.75) is 0 Å². The molecule has 0 amide bonds. The maximum absolute atomic E-state index is 8.42. The molecule has 0 bridgehead atoms. The third-order valence-corrected chi connectivity index (χ3v) is 1.53. The fraction of sp³-hybridized carbons (Fsp3) is 0.100. The third kappa shape index (κ3) is 2.99. The molecule has 0 radical (unpaired) electrons. The van der Waals surface area contributed by atoms with E-state index in [4.69, 9.17) is 9.94 Å². The molecule has 1 aromatic rings. The number of benzene rings is 1. The first-order valence-corrected chi connectivity index (χ1v) is 3.86. The van der Waals surface area contributed by atoms with Crippen molar-refractivity contribution in [2.24, 2.45) is 5.16 Å². The van der Waals surface area contributed by atoms with E-state index in [-0.39, 0.29) is 5.90 Å². The minimum absolute atomic E-state index is 0.184. The standard InChI is InChI=1S/C10H11NO2/c1-13-10(11-12)8-7-9-5-3-2-4-6-9/h2-8,12H,1H3/b8-7+,11-10?. The summed E-state index contributed by atoms with van der Waals surface area (Å²) in [5.41, 5.74) is 1.03. The summed E-state index contributed by atoms with van der Waals surface area (Å²) in [5, 5.41) is 11.3. The lowest BCUT2D eigenvalue weighted by Crippen LogP contribution is -1.94. The van der Waals surface area contributed by atoms with Gasteiger partial charge in [0.15, 0.2) is 0 Å². The first-order valence-electron chi connectivity index (χ1n) is 3.86. The third-order valence-electron chi connectivity index (χ3n) is 1.53. The second kappa shape index (κ2) is 4.98. The van der Waals surface area contributed by atoms with E-state index in [0.717, 1.165) is 5.56 Å². The number of hydrogen-bond acceptors (Lipinski definition) is 3. The van der Waals surface area contributed by atoms with Gasteiger partial charge < -0.3 is 9.94 Å². The van der Waals surface area contributed by atoms with Gasteiger partial charge in [-0.2, -0.15) is 0 Å². The number of rotatable bonds is 2. The molecule has 0 aromatic heterocycles. The molecule has 0 aliphatic heterocycles. The van der Waals surface area contributed by atoms with Crippen molar-refractivity contribution < 1.29 is 9.94 Å².